The highest BCUT2D eigenvalue weighted by Gasteiger charge is 2.38. The van der Waals surface area contributed by atoms with Crippen molar-refractivity contribution in [1.82, 2.24) is 4.90 Å². The molecule has 0 radical (unpaired) electrons. The lowest BCUT2D eigenvalue weighted by Crippen LogP contribution is -2.44. The molecule has 4 heteroatoms. The quantitative estimate of drug-likeness (QED) is 0.708. The Kier molecular flexibility index (Phi) is 3.61. The van der Waals surface area contributed by atoms with Gasteiger partial charge in [0.25, 0.3) is 0 Å². The Bertz CT molecular complexity index is 279. The normalized spacial score (nSPS) is 29.7. The van der Waals surface area contributed by atoms with Crippen molar-refractivity contribution in [3.8, 4) is 0 Å². The maximum atomic E-state index is 12.1. The van der Waals surface area contributed by atoms with Crippen LogP contribution in [0.4, 0.5) is 4.79 Å². The first-order valence-corrected chi connectivity index (χ1v) is 6.58. The van der Waals surface area contributed by atoms with Crippen LogP contribution in [0.15, 0.2) is 0 Å². The first kappa shape index (κ1) is 12.7. The minimum absolute atomic E-state index is 0.185. The zero-order chi connectivity index (χ0) is 12.5. The topological polar surface area (TPSA) is 38.8 Å². The second kappa shape index (κ2) is 4.84. The highest BCUT2D eigenvalue weighted by Crippen LogP contribution is 2.29. The van der Waals surface area contributed by atoms with Crippen molar-refractivity contribution < 1.29 is 14.3 Å². The summed E-state index contributed by atoms with van der Waals surface area (Å²) in [6.07, 6.45) is 4.33. The predicted octanol–water partition coefficient (Wildman–Crippen LogP) is 2.56. The van der Waals surface area contributed by atoms with Gasteiger partial charge >= 0.3 is 6.09 Å². The first-order valence-electron chi connectivity index (χ1n) is 6.58. The van der Waals surface area contributed by atoms with Crippen LogP contribution < -0.4 is 0 Å². The Hall–Kier alpha value is -0.770. The highest BCUT2D eigenvalue weighted by molar-refractivity contribution is 5.69. The van der Waals surface area contributed by atoms with Gasteiger partial charge in [-0.05, 0) is 46.5 Å². The Labute approximate surface area is 103 Å². The molecule has 0 N–H and O–H groups in total. The zero-order valence-corrected chi connectivity index (χ0v) is 11.1. The van der Waals surface area contributed by atoms with Crippen molar-refractivity contribution in [2.75, 3.05) is 13.2 Å². The summed E-state index contributed by atoms with van der Waals surface area (Å²) in [5.41, 5.74) is -0.416. The van der Waals surface area contributed by atoms with Crippen LogP contribution in [0, 0.1) is 0 Å². The number of ether oxygens (including phenoxy) is 2. The highest BCUT2D eigenvalue weighted by atomic mass is 16.6. The third-order valence-electron chi connectivity index (χ3n) is 3.32. The van der Waals surface area contributed by atoms with Crippen molar-refractivity contribution in [2.45, 2.75) is 64.2 Å². The van der Waals surface area contributed by atoms with E-state index in [1.54, 1.807) is 0 Å². The maximum absolute atomic E-state index is 12.1. The van der Waals surface area contributed by atoms with Crippen molar-refractivity contribution in [1.29, 1.82) is 0 Å². The lowest BCUT2D eigenvalue weighted by atomic mass is 10.1. The Morgan fingerprint density at radius 2 is 2.06 bits per heavy atom. The number of hydrogen-bond acceptors (Lipinski definition) is 3. The average molecular weight is 241 g/mol. The summed E-state index contributed by atoms with van der Waals surface area (Å²) in [6, 6.07) is 0.229. The molecule has 2 aliphatic rings. The van der Waals surface area contributed by atoms with Gasteiger partial charge in [0.1, 0.15) is 5.60 Å². The number of nitrogens with zero attached hydrogens (tertiary/aromatic N) is 1. The lowest BCUT2D eigenvalue weighted by molar-refractivity contribution is -0.00104. The van der Waals surface area contributed by atoms with Gasteiger partial charge in [-0.25, -0.2) is 4.79 Å². The Morgan fingerprint density at radius 1 is 1.29 bits per heavy atom. The van der Waals surface area contributed by atoms with E-state index in [2.05, 4.69) is 0 Å². The molecule has 0 aromatic carbocycles. The number of carbonyl (C=O) groups excluding carboxylic acids is 1. The zero-order valence-electron chi connectivity index (χ0n) is 11.1. The van der Waals surface area contributed by atoms with E-state index in [-0.39, 0.29) is 18.2 Å². The molecular formula is C13H23NO3. The summed E-state index contributed by atoms with van der Waals surface area (Å²) < 4.78 is 11.1. The van der Waals surface area contributed by atoms with Gasteiger partial charge in [0.2, 0.25) is 0 Å². The molecule has 98 valence electrons. The number of likely N-dealkylation sites (tertiary alicyclic amines) is 1. The molecular weight excluding hydrogens is 218 g/mol. The van der Waals surface area contributed by atoms with Crippen molar-refractivity contribution >= 4 is 6.09 Å². The first-order chi connectivity index (χ1) is 7.97. The predicted molar refractivity (Wildman–Crippen MR) is 64.9 cm³/mol. The smallest absolute Gasteiger partial charge is 0.410 e. The second-order valence-corrected chi connectivity index (χ2v) is 5.93. The minimum Gasteiger partial charge on any atom is -0.444 e. The third-order valence-corrected chi connectivity index (χ3v) is 3.32. The molecule has 2 heterocycles. The molecule has 0 bridgehead atoms. The van der Waals surface area contributed by atoms with E-state index in [1.165, 1.54) is 0 Å². The van der Waals surface area contributed by atoms with E-state index in [9.17, 15) is 4.79 Å². The molecule has 2 rings (SSSR count). The van der Waals surface area contributed by atoms with Crippen LogP contribution >= 0.6 is 0 Å². The molecule has 1 amide bonds. The molecule has 0 aliphatic carbocycles. The van der Waals surface area contributed by atoms with Gasteiger partial charge in [-0.15, -0.1) is 0 Å². The van der Waals surface area contributed by atoms with Crippen LogP contribution in [-0.2, 0) is 9.47 Å². The number of hydrogen-bond donors (Lipinski definition) is 0. The molecule has 0 aromatic heterocycles. The van der Waals surface area contributed by atoms with E-state index < -0.39 is 5.60 Å². The Balaban J connectivity index is 1.96. The van der Waals surface area contributed by atoms with Crippen LogP contribution in [0.3, 0.4) is 0 Å². The fourth-order valence-electron chi connectivity index (χ4n) is 2.63. The number of rotatable bonds is 1. The number of carbonyl (C=O) groups is 1. The van der Waals surface area contributed by atoms with Crippen molar-refractivity contribution in [3.63, 3.8) is 0 Å². The van der Waals surface area contributed by atoms with Gasteiger partial charge in [-0.3, -0.25) is 0 Å². The van der Waals surface area contributed by atoms with Gasteiger partial charge in [0, 0.05) is 13.2 Å². The summed E-state index contributed by atoms with van der Waals surface area (Å²) in [5.74, 6) is 0. The van der Waals surface area contributed by atoms with Crippen LogP contribution in [0.1, 0.15) is 46.5 Å². The van der Waals surface area contributed by atoms with E-state index in [4.69, 9.17) is 9.47 Å². The van der Waals surface area contributed by atoms with Crippen LogP contribution in [0.2, 0.25) is 0 Å². The van der Waals surface area contributed by atoms with Crippen molar-refractivity contribution in [2.24, 2.45) is 0 Å². The Morgan fingerprint density at radius 3 is 2.65 bits per heavy atom. The summed E-state index contributed by atoms with van der Waals surface area (Å²) in [6.45, 7) is 7.36. The molecule has 2 fully saturated rings. The van der Waals surface area contributed by atoms with Crippen LogP contribution in [-0.4, -0.2) is 41.9 Å². The molecule has 4 nitrogen and oxygen atoms in total. The molecule has 2 atom stereocenters. The maximum Gasteiger partial charge on any atom is 0.410 e. The monoisotopic (exact) mass is 241 g/mol. The molecule has 2 aliphatic heterocycles. The van der Waals surface area contributed by atoms with E-state index in [1.807, 2.05) is 25.7 Å². The molecule has 0 spiro atoms. The van der Waals surface area contributed by atoms with Crippen LogP contribution in [0.5, 0.6) is 0 Å². The largest absolute Gasteiger partial charge is 0.444 e. The van der Waals surface area contributed by atoms with Gasteiger partial charge in [0.15, 0.2) is 0 Å². The van der Waals surface area contributed by atoms with Gasteiger partial charge in [0.05, 0.1) is 12.1 Å². The van der Waals surface area contributed by atoms with Gasteiger partial charge in [-0.1, -0.05) is 0 Å². The fraction of sp³-hybridized carbons (Fsp3) is 0.923. The minimum atomic E-state index is -0.416. The summed E-state index contributed by atoms with van der Waals surface area (Å²) in [5, 5.41) is 0. The lowest BCUT2D eigenvalue weighted by Gasteiger charge is -2.31. The average Bonchev–Trinajstić information content (AvgIpc) is 2.85. The fourth-order valence-corrected chi connectivity index (χ4v) is 2.63. The summed E-state index contributed by atoms with van der Waals surface area (Å²) in [4.78, 5) is 13.9. The van der Waals surface area contributed by atoms with E-state index in [0.717, 1.165) is 38.8 Å². The molecule has 0 saturated carbocycles. The van der Waals surface area contributed by atoms with Gasteiger partial charge in [-0.2, -0.15) is 0 Å². The third kappa shape index (κ3) is 3.12. The molecule has 17 heavy (non-hydrogen) atoms. The summed E-state index contributed by atoms with van der Waals surface area (Å²) in [7, 11) is 0. The summed E-state index contributed by atoms with van der Waals surface area (Å²) >= 11 is 0. The number of amides is 1. The van der Waals surface area contributed by atoms with Crippen LogP contribution in [0.25, 0.3) is 0 Å². The van der Waals surface area contributed by atoms with Gasteiger partial charge < -0.3 is 14.4 Å². The molecule has 1 unspecified atom stereocenters. The van der Waals surface area contributed by atoms with E-state index >= 15 is 0 Å². The van der Waals surface area contributed by atoms with Crippen molar-refractivity contribution in [3.05, 3.63) is 0 Å². The standard InChI is InChI=1S/C13H23NO3/c1-13(2,3)17-12(15)14-8-4-6-10(14)11-7-5-9-16-11/h10-11H,4-9H2,1-3H3/t10?,11-/m0/s1. The SMILES string of the molecule is CC(C)(C)OC(=O)N1CCCC1[C@@H]1CCCO1. The molecule has 0 aromatic rings. The molecule has 2 saturated heterocycles. The van der Waals surface area contributed by atoms with E-state index in [0.29, 0.717) is 0 Å². The second-order valence-electron chi connectivity index (χ2n) is 5.93.